The van der Waals surface area contributed by atoms with E-state index < -0.39 is 0 Å². The molecule has 5 nitrogen and oxygen atoms in total. The summed E-state index contributed by atoms with van der Waals surface area (Å²) in [7, 11) is 0. The molecule has 1 heterocycles. The van der Waals surface area contributed by atoms with E-state index in [0.29, 0.717) is 13.1 Å². The third-order valence-corrected chi connectivity index (χ3v) is 5.43. The van der Waals surface area contributed by atoms with Crippen LogP contribution in [0.5, 0.6) is 0 Å². The lowest BCUT2D eigenvalue weighted by Gasteiger charge is -2.35. The molecule has 2 rings (SSSR count). The molecule has 2 amide bonds. The van der Waals surface area contributed by atoms with Crippen molar-refractivity contribution in [2.45, 2.75) is 58.9 Å². The molecule has 1 aliphatic carbocycles. The van der Waals surface area contributed by atoms with E-state index in [1.807, 2.05) is 18.7 Å². The lowest BCUT2D eigenvalue weighted by atomic mass is 9.85. The highest BCUT2D eigenvalue weighted by atomic mass is 16.3. The second-order valence-corrected chi connectivity index (χ2v) is 7.52. The summed E-state index contributed by atoms with van der Waals surface area (Å²) < 4.78 is 0. The molecule has 0 aromatic carbocycles. The van der Waals surface area contributed by atoms with Gasteiger partial charge < -0.3 is 15.3 Å². The first-order chi connectivity index (χ1) is 10.4. The monoisotopic (exact) mass is 310 g/mol. The number of carbonyl (C=O) groups is 2. The number of piperidine rings is 1. The Morgan fingerprint density at radius 3 is 2.45 bits per heavy atom. The predicted octanol–water partition coefficient (Wildman–Crippen LogP) is 1.55. The SMILES string of the molecule is CC(C)C(=O)N1CCC(C(=O)NC2CCCC2(C)CO)CC1. The molecule has 0 spiro atoms. The molecule has 2 fully saturated rings. The van der Waals surface area contributed by atoms with Crippen molar-refractivity contribution < 1.29 is 14.7 Å². The van der Waals surface area contributed by atoms with Crippen LogP contribution in [0, 0.1) is 17.3 Å². The van der Waals surface area contributed by atoms with E-state index in [0.717, 1.165) is 32.1 Å². The van der Waals surface area contributed by atoms with Gasteiger partial charge >= 0.3 is 0 Å². The summed E-state index contributed by atoms with van der Waals surface area (Å²) in [6.07, 6.45) is 4.46. The van der Waals surface area contributed by atoms with Gasteiger partial charge in [-0.05, 0) is 25.7 Å². The highest BCUT2D eigenvalue weighted by Crippen LogP contribution is 2.37. The minimum Gasteiger partial charge on any atom is -0.396 e. The third kappa shape index (κ3) is 3.62. The van der Waals surface area contributed by atoms with Crippen molar-refractivity contribution in [3.8, 4) is 0 Å². The van der Waals surface area contributed by atoms with Crippen LogP contribution in [-0.2, 0) is 9.59 Å². The van der Waals surface area contributed by atoms with Crippen LogP contribution in [0.15, 0.2) is 0 Å². The number of amides is 2. The Bertz CT molecular complexity index is 416. The summed E-state index contributed by atoms with van der Waals surface area (Å²) in [4.78, 5) is 26.3. The number of aliphatic hydroxyl groups excluding tert-OH is 1. The Kier molecular flexibility index (Phi) is 5.48. The van der Waals surface area contributed by atoms with Crippen LogP contribution in [0.1, 0.15) is 52.9 Å². The molecular weight excluding hydrogens is 280 g/mol. The summed E-state index contributed by atoms with van der Waals surface area (Å²) in [6.45, 7) is 7.36. The molecule has 1 saturated carbocycles. The first-order valence-corrected chi connectivity index (χ1v) is 8.57. The highest BCUT2D eigenvalue weighted by Gasteiger charge is 2.40. The Labute approximate surface area is 133 Å². The van der Waals surface area contributed by atoms with E-state index in [1.54, 1.807) is 0 Å². The van der Waals surface area contributed by atoms with Crippen LogP contribution in [0.3, 0.4) is 0 Å². The molecule has 2 atom stereocenters. The first kappa shape index (κ1) is 17.3. The molecule has 22 heavy (non-hydrogen) atoms. The van der Waals surface area contributed by atoms with Crippen molar-refractivity contribution in [2.24, 2.45) is 17.3 Å². The van der Waals surface area contributed by atoms with Gasteiger partial charge in [-0.2, -0.15) is 0 Å². The molecule has 1 aliphatic heterocycles. The van der Waals surface area contributed by atoms with Crippen molar-refractivity contribution in [2.75, 3.05) is 19.7 Å². The maximum Gasteiger partial charge on any atom is 0.225 e. The fourth-order valence-corrected chi connectivity index (χ4v) is 3.69. The summed E-state index contributed by atoms with van der Waals surface area (Å²) in [5.74, 6) is 0.305. The van der Waals surface area contributed by atoms with Crippen molar-refractivity contribution in [3.63, 3.8) is 0 Å². The fraction of sp³-hybridized carbons (Fsp3) is 0.882. The van der Waals surface area contributed by atoms with Crippen LogP contribution < -0.4 is 5.32 Å². The van der Waals surface area contributed by atoms with E-state index in [9.17, 15) is 14.7 Å². The molecule has 0 aromatic heterocycles. The Morgan fingerprint density at radius 1 is 1.27 bits per heavy atom. The van der Waals surface area contributed by atoms with Gasteiger partial charge in [0.1, 0.15) is 0 Å². The van der Waals surface area contributed by atoms with Crippen molar-refractivity contribution in [3.05, 3.63) is 0 Å². The Hall–Kier alpha value is -1.10. The van der Waals surface area contributed by atoms with Crippen LogP contribution >= 0.6 is 0 Å². The zero-order valence-corrected chi connectivity index (χ0v) is 14.1. The fourth-order valence-electron chi connectivity index (χ4n) is 3.69. The minimum absolute atomic E-state index is 0.000227. The van der Waals surface area contributed by atoms with Gasteiger partial charge in [0, 0.05) is 36.4 Å². The Balaban J connectivity index is 1.84. The molecule has 2 aliphatic rings. The van der Waals surface area contributed by atoms with Crippen molar-refractivity contribution >= 4 is 11.8 Å². The number of likely N-dealkylation sites (tertiary alicyclic amines) is 1. The minimum atomic E-state index is -0.177. The molecule has 5 heteroatoms. The number of hydrogen-bond acceptors (Lipinski definition) is 3. The van der Waals surface area contributed by atoms with Gasteiger partial charge in [-0.15, -0.1) is 0 Å². The summed E-state index contributed by atoms with van der Waals surface area (Å²) in [6, 6.07) is 0.0836. The largest absolute Gasteiger partial charge is 0.396 e. The topological polar surface area (TPSA) is 69.6 Å². The number of nitrogens with one attached hydrogen (secondary N) is 1. The van der Waals surface area contributed by atoms with Gasteiger partial charge in [0.05, 0.1) is 6.61 Å². The zero-order chi connectivity index (χ0) is 16.3. The van der Waals surface area contributed by atoms with E-state index >= 15 is 0 Å². The molecule has 0 radical (unpaired) electrons. The van der Waals surface area contributed by atoms with Gasteiger partial charge in [-0.1, -0.05) is 27.2 Å². The van der Waals surface area contributed by atoms with Crippen molar-refractivity contribution in [1.29, 1.82) is 0 Å². The van der Waals surface area contributed by atoms with Crippen LogP contribution in [0.4, 0.5) is 0 Å². The first-order valence-electron chi connectivity index (χ1n) is 8.57. The number of carbonyl (C=O) groups excluding carboxylic acids is 2. The molecule has 126 valence electrons. The molecule has 1 saturated heterocycles. The molecular formula is C17H30N2O3. The van der Waals surface area contributed by atoms with Gasteiger partial charge in [0.25, 0.3) is 0 Å². The second kappa shape index (κ2) is 6.99. The van der Waals surface area contributed by atoms with Gasteiger partial charge in [0.2, 0.25) is 11.8 Å². The van der Waals surface area contributed by atoms with Gasteiger partial charge in [-0.3, -0.25) is 9.59 Å². The van der Waals surface area contributed by atoms with Crippen LogP contribution in [0.25, 0.3) is 0 Å². The normalized spacial score (nSPS) is 29.9. The maximum absolute atomic E-state index is 12.5. The van der Waals surface area contributed by atoms with Gasteiger partial charge in [-0.25, -0.2) is 0 Å². The summed E-state index contributed by atoms with van der Waals surface area (Å²) >= 11 is 0. The molecule has 0 aromatic rings. The number of rotatable bonds is 4. The molecule has 2 unspecified atom stereocenters. The smallest absolute Gasteiger partial charge is 0.225 e. The van der Waals surface area contributed by atoms with Crippen LogP contribution in [0.2, 0.25) is 0 Å². The zero-order valence-electron chi connectivity index (χ0n) is 14.1. The van der Waals surface area contributed by atoms with E-state index in [4.69, 9.17) is 0 Å². The highest BCUT2D eigenvalue weighted by molar-refractivity contribution is 5.81. The summed E-state index contributed by atoms with van der Waals surface area (Å²) in [5, 5.41) is 12.7. The number of nitrogens with zero attached hydrogens (tertiary/aromatic N) is 1. The van der Waals surface area contributed by atoms with E-state index in [2.05, 4.69) is 12.2 Å². The standard InChI is InChI=1S/C17H30N2O3/c1-12(2)16(22)19-9-6-13(7-10-19)15(21)18-14-5-4-8-17(14,3)11-20/h12-14,20H,4-11H2,1-3H3,(H,18,21). The number of hydrogen-bond donors (Lipinski definition) is 2. The quantitative estimate of drug-likeness (QED) is 0.828. The molecule has 0 bridgehead atoms. The lowest BCUT2D eigenvalue weighted by Crippen LogP contribution is -2.49. The lowest BCUT2D eigenvalue weighted by molar-refractivity contribution is -0.138. The van der Waals surface area contributed by atoms with E-state index in [1.165, 1.54) is 0 Å². The number of aliphatic hydroxyl groups is 1. The van der Waals surface area contributed by atoms with Crippen LogP contribution in [-0.4, -0.2) is 47.6 Å². The van der Waals surface area contributed by atoms with Crippen molar-refractivity contribution in [1.82, 2.24) is 10.2 Å². The average molecular weight is 310 g/mol. The maximum atomic E-state index is 12.5. The Morgan fingerprint density at radius 2 is 1.91 bits per heavy atom. The average Bonchev–Trinajstić information content (AvgIpc) is 2.88. The van der Waals surface area contributed by atoms with Gasteiger partial charge in [0.15, 0.2) is 0 Å². The van der Waals surface area contributed by atoms with E-state index in [-0.39, 0.29) is 41.7 Å². The second-order valence-electron chi connectivity index (χ2n) is 7.52. The molecule has 2 N–H and O–H groups in total. The predicted molar refractivity (Wildman–Crippen MR) is 85.1 cm³/mol. The summed E-state index contributed by atoms with van der Waals surface area (Å²) in [5.41, 5.74) is -0.177. The third-order valence-electron chi connectivity index (χ3n) is 5.43.